The second-order valence-electron chi connectivity index (χ2n) is 2.19. The van der Waals surface area contributed by atoms with E-state index in [-0.39, 0.29) is 5.56 Å². The number of alkyl halides is 1. The van der Waals surface area contributed by atoms with Gasteiger partial charge in [0.05, 0.1) is 4.47 Å². The molecule has 5 heteroatoms. The Morgan fingerprint density at radius 1 is 1.50 bits per heavy atom. The van der Waals surface area contributed by atoms with Crippen molar-refractivity contribution in [3.05, 3.63) is 31.6 Å². The number of aromatic nitrogens is 1. The molecule has 0 radical (unpaired) electrons. The van der Waals surface area contributed by atoms with E-state index in [1.165, 1.54) is 0 Å². The lowest BCUT2D eigenvalue weighted by Gasteiger charge is -2.03. The number of hydrogen-bond acceptors (Lipinski definition) is 1. The molecule has 66 valence electrons. The molecule has 0 bridgehead atoms. The number of hydrogen-bond donors (Lipinski definition) is 0. The maximum atomic E-state index is 11.3. The van der Waals surface area contributed by atoms with Crippen molar-refractivity contribution in [1.29, 1.82) is 0 Å². The van der Waals surface area contributed by atoms with Gasteiger partial charge in [-0.25, -0.2) is 0 Å². The molecule has 0 spiro atoms. The lowest BCUT2D eigenvalue weighted by atomic mass is 10.5. The van der Waals surface area contributed by atoms with Gasteiger partial charge in [-0.05, 0) is 37.9 Å². The average molecular weight is 315 g/mol. The maximum Gasteiger partial charge on any atom is 0.264 e. The zero-order valence-electron chi connectivity index (χ0n) is 6.06. The Morgan fingerprint density at radius 2 is 2.17 bits per heavy atom. The summed E-state index contributed by atoms with van der Waals surface area (Å²) in [6.07, 6.45) is 1.72. The minimum absolute atomic E-state index is 0.0566. The summed E-state index contributed by atoms with van der Waals surface area (Å²) in [4.78, 5) is 11.3. The highest BCUT2D eigenvalue weighted by Crippen LogP contribution is 2.12. The molecule has 0 N–H and O–H groups in total. The van der Waals surface area contributed by atoms with E-state index in [0.29, 0.717) is 16.9 Å². The molecule has 0 saturated heterocycles. The standard InChI is InChI=1S/C7H6Br2ClNO/c8-5-3-6(9)7(12)11(4-5)2-1-10/h3-4H,1-2H2. The summed E-state index contributed by atoms with van der Waals surface area (Å²) in [6.45, 7) is 0.526. The summed E-state index contributed by atoms with van der Waals surface area (Å²) in [7, 11) is 0. The highest BCUT2D eigenvalue weighted by atomic mass is 79.9. The normalized spacial score (nSPS) is 10.2. The summed E-state index contributed by atoms with van der Waals surface area (Å²) in [6, 6.07) is 1.72. The Balaban J connectivity index is 3.19. The predicted molar refractivity (Wildman–Crippen MR) is 56.8 cm³/mol. The Labute approximate surface area is 91.8 Å². The van der Waals surface area contributed by atoms with Gasteiger partial charge in [0.15, 0.2) is 0 Å². The third-order valence-electron chi connectivity index (χ3n) is 1.33. The lowest BCUT2D eigenvalue weighted by Crippen LogP contribution is -2.20. The summed E-state index contributed by atoms with van der Waals surface area (Å²) in [5.74, 6) is 0.433. The fourth-order valence-corrected chi connectivity index (χ4v) is 2.26. The number of rotatable bonds is 2. The molecule has 0 aromatic carbocycles. The van der Waals surface area contributed by atoms with Crippen molar-refractivity contribution in [3.63, 3.8) is 0 Å². The second-order valence-corrected chi connectivity index (χ2v) is 4.34. The van der Waals surface area contributed by atoms with Gasteiger partial charge in [0.1, 0.15) is 0 Å². The molecule has 12 heavy (non-hydrogen) atoms. The molecular formula is C7H6Br2ClNO. The van der Waals surface area contributed by atoms with E-state index < -0.39 is 0 Å². The zero-order chi connectivity index (χ0) is 9.14. The molecule has 0 atom stereocenters. The fourth-order valence-electron chi connectivity index (χ4n) is 0.822. The molecule has 1 aromatic rings. The van der Waals surface area contributed by atoms with E-state index in [4.69, 9.17) is 11.6 Å². The van der Waals surface area contributed by atoms with E-state index in [0.717, 1.165) is 4.47 Å². The minimum atomic E-state index is -0.0566. The molecule has 0 saturated carbocycles. The average Bonchev–Trinajstić information content (AvgIpc) is 2.00. The summed E-state index contributed by atoms with van der Waals surface area (Å²) < 4.78 is 2.96. The van der Waals surface area contributed by atoms with Gasteiger partial charge >= 0.3 is 0 Å². The first kappa shape index (κ1) is 10.3. The van der Waals surface area contributed by atoms with Gasteiger partial charge in [-0.1, -0.05) is 0 Å². The van der Waals surface area contributed by atoms with Gasteiger partial charge < -0.3 is 4.57 Å². The first-order chi connectivity index (χ1) is 5.65. The van der Waals surface area contributed by atoms with Crippen molar-refractivity contribution in [2.24, 2.45) is 0 Å². The Kier molecular flexibility index (Phi) is 3.80. The second kappa shape index (κ2) is 4.44. The zero-order valence-corrected chi connectivity index (χ0v) is 9.99. The van der Waals surface area contributed by atoms with Crippen LogP contribution in [0.15, 0.2) is 26.0 Å². The third-order valence-corrected chi connectivity index (χ3v) is 2.51. The van der Waals surface area contributed by atoms with E-state index in [2.05, 4.69) is 31.9 Å². The summed E-state index contributed by atoms with van der Waals surface area (Å²) >= 11 is 12.0. The van der Waals surface area contributed by atoms with E-state index >= 15 is 0 Å². The van der Waals surface area contributed by atoms with Crippen LogP contribution in [-0.4, -0.2) is 10.4 Å². The topological polar surface area (TPSA) is 22.0 Å². The number of pyridine rings is 1. The molecule has 1 heterocycles. The van der Waals surface area contributed by atoms with Gasteiger partial charge in [-0.2, -0.15) is 0 Å². The van der Waals surface area contributed by atoms with Crippen molar-refractivity contribution in [2.45, 2.75) is 6.54 Å². The highest BCUT2D eigenvalue weighted by Gasteiger charge is 2.01. The Hall–Kier alpha value is 0.200. The lowest BCUT2D eigenvalue weighted by molar-refractivity contribution is 0.725. The van der Waals surface area contributed by atoms with Gasteiger partial charge in [0.25, 0.3) is 5.56 Å². The molecule has 0 unspecified atom stereocenters. The van der Waals surface area contributed by atoms with Crippen LogP contribution in [0.2, 0.25) is 0 Å². The van der Waals surface area contributed by atoms with Gasteiger partial charge in [-0.3, -0.25) is 4.79 Å². The van der Waals surface area contributed by atoms with E-state index in [9.17, 15) is 4.79 Å². The molecule has 2 nitrogen and oxygen atoms in total. The maximum absolute atomic E-state index is 11.3. The van der Waals surface area contributed by atoms with E-state index in [1.54, 1.807) is 16.8 Å². The first-order valence-electron chi connectivity index (χ1n) is 3.26. The molecule has 1 aromatic heterocycles. The largest absolute Gasteiger partial charge is 0.312 e. The van der Waals surface area contributed by atoms with Crippen molar-refractivity contribution in [2.75, 3.05) is 5.88 Å². The van der Waals surface area contributed by atoms with Crippen molar-refractivity contribution >= 4 is 43.5 Å². The van der Waals surface area contributed by atoms with Crippen LogP contribution >= 0.6 is 43.5 Å². The molecular weight excluding hydrogens is 309 g/mol. The molecule has 0 amide bonds. The monoisotopic (exact) mass is 313 g/mol. The van der Waals surface area contributed by atoms with Gasteiger partial charge in [-0.15, -0.1) is 11.6 Å². The molecule has 0 aliphatic carbocycles. The van der Waals surface area contributed by atoms with E-state index in [1.807, 2.05) is 0 Å². The highest BCUT2D eigenvalue weighted by molar-refractivity contribution is 9.11. The molecule has 1 rings (SSSR count). The number of halogens is 3. The van der Waals surface area contributed by atoms with Crippen LogP contribution < -0.4 is 5.56 Å². The number of nitrogens with zero attached hydrogens (tertiary/aromatic N) is 1. The van der Waals surface area contributed by atoms with Crippen LogP contribution in [0.1, 0.15) is 0 Å². The Bertz CT molecular complexity index is 337. The predicted octanol–water partition coefficient (Wildman–Crippen LogP) is 2.61. The quantitative estimate of drug-likeness (QED) is 0.769. The van der Waals surface area contributed by atoms with Crippen molar-refractivity contribution in [1.82, 2.24) is 4.57 Å². The van der Waals surface area contributed by atoms with Gasteiger partial charge in [0.2, 0.25) is 0 Å². The fraction of sp³-hybridized carbons (Fsp3) is 0.286. The van der Waals surface area contributed by atoms with Crippen LogP contribution in [0.3, 0.4) is 0 Å². The number of aryl methyl sites for hydroxylation is 1. The SMILES string of the molecule is O=c1c(Br)cc(Br)cn1CCCl. The van der Waals surface area contributed by atoms with Crippen molar-refractivity contribution in [3.8, 4) is 0 Å². The van der Waals surface area contributed by atoms with Gasteiger partial charge in [0, 0.05) is 23.1 Å². The smallest absolute Gasteiger partial charge is 0.264 e. The van der Waals surface area contributed by atoms with Crippen LogP contribution in [-0.2, 0) is 6.54 Å². The van der Waals surface area contributed by atoms with Crippen LogP contribution in [0, 0.1) is 0 Å². The third kappa shape index (κ3) is 2.34. The van der Waals surface area contributed by atoms with Crippen molar-refractivity contribution < 1.29 is 0 Å². The minimum Gasteiger partial charge on any atom is -0.312 e. The van der Waals surface area contributed by atoms with Crippen LogP contribution in [0.25, 0.3) is 0 Å². The molecule has 0 fully saturated rings. The Morgan fingerprint density at radius 3 is 2.75 bits per heavy atom. The molecule has 0 aliphatic rings. The summed E-state index contributed by atoms with van der Waals surface area (Å²) in [5.41, 5.74) is -0.0566. The van der Waals surface area contributed by atoms with Crippen LogP contribution in [0.5, 0.6) is 0 Å². The summed E-state index contributed by atoms with van der Waals surface area (Å²) in [5, 5.41) is 0. The first-order valence-corrected chi connectivity index (χ1v) is 5.38. The van der Waals surface area contributed by atoms with Crippen LogP contribution in [0.4, 0.5) is 0 Å². The molecule has 0 aliphatic heterocycles.